The Morgan fingerprint density at radius 3 is 2.06 bits per heavy atom. The summed E-state index contributed by atoms with van der Waals surface area (Å²) in [7, 11) is 0. The maximum absolute atomic E-state index is 5.38. The molecule has 4 nitrogen and oxygen atoms in total. The quantitative estimate of drug-likeness (QED) is 0.406. The maximum Gasteiger partial charge on any atom is 0.149 e. The van der Waals surface area contributed by atoms with Gasteiger partial charge >= 0.3 is 0 Å². The van der Waals surface area contributed by atoms with Gasteiger partial charge in [-0.1, -0.05) is 13.8 Å². The third-order valence-electron chi connectivity index (χ3n) is 1.86. The minimum atomic E-state index is 0.194. The summed E-state index contributed by atoms with van der Waals surface area (Å²) >= 11 is 0. The van der Waals surface area contributed by atoms with Crippen LogP contribution in [0.25, 0.3) is 0 Å². The van der Waals surface area contributed by atoms with Gasteiger partial charge in [0.2, 0.25) is 0 Å². The van der Waals surface area contributed by atoms with E-state index in [9.17, 15) is 0 Å². The van der Waals surface area contributed by atoms with Gasteiger partial charge in [0.25, 0.3) is 0 Å². The van der Waals surface area contributed by atoms with E-state index in [0.717, 1.165) is 13.0 Å². The number of hydrogen-bond donors (Lipinski definition) is 0. The smallest absolute Gasteiger partial charge is 0.149 e. The fourth-order valence-electron chi connectivity index (χ4n) is 0.875. The lowest BCUT2D eigenvalue weighted by atomic mass is 10.1. The van der Waals surface area contributed by atoms with Crippen LogP contribution in [0.5, 0.6) is 0 Å². The molecule has 0 saturated carbocycles. The van der Waals surface area contributed by atoms with E-state index in [4.69, 9.17) is 18.9 Å². The molecule has 0 unspecified atom stereocenters. The summed E-state index contributed by atoms with van der Waals surface area (Å²) in [5.41, 5.74) is 0. The first kappa shape index (κ1) is 15.8. The topological polar surface area (TPSA) is 36.9 Å². The molecule has 0 heterocycles. The molecule has 0 N–H and O–H groups in total. The fraction of sp³-hybridized carbons (Fsp3) is 1.00. The second kappa shape index (κ2) is 11.3. The lowest BCUT2D eigenvalue weighted by molar-refractivity contribution is -0.148. The molecule has 0 rings (SSSR count). The molecule has 4 heteroatoms. The van der Waals surface area contributed by atoms with Gasteiger partial charge in [-0.15, -0.1) is 0 Å². The highest BCUT2D eigenvalue weighted by atomic mass is 16.7. The van der Waals surface area contributed by atoms with Gasteiger partial charge in [0.15, 0.2) is 0 Å². The molecular formula is C12H26O4. The predicted octanol–water partition coefficient (Wildman–Crippen LogP) is 2.42. The summed E-state index contributed by atoms with van der Waals surface area (Å²) in [6.07, 6.45) is 1.29. The van der Waals surface area contributed by atoms with Crippen LogP contribution in [0.1, 0.15) is 34.1 Å². The van der Waals surface area contributed by atoms with Crippen LogP contribution in [-0.2, 0) is 18.9 Å². The second-order valence-electron chi connectivity index (χ2n) is 4.36. The van der Waals surface area contributed by atoms with Crippen molar-refractivity contribution in [3.63, 3.8) is 0 Å². The van der Waals surface area contributed by atoms with Crippen molar-refractivity contribution in [2.45, 2.75) is 40.2 Å². The zero-order valence-electron chi connectivity index (χ0n) is 11.0. The van der Waals surface area contributed by atoms with Crippen LogP contribution >= 0.6 is 0 Å². The van der Waals surface area contributed by atoms with Crippen LogP contribution in [0.15, 0.2) is 0 Å². The van der Waals surface area contributed by atoms with Gasteiger partial charge in [0.1, 0.15) is 13.6 Å². The fourth-order valence-corrected chi connectivity index (χ4v) is 0.875. The van der Waals surface area contributed by atoms with Gasteiger partial charge in [-0.25, -0.2) is 0 Å². The molecule has 0 amide bonds. The van der Waals surface area contributed by atoms with Gasteiger partial charge < -0.3 is 18.9 Å². The van der Waals surface area contributed by atoms with E-state index in [1.165, 1.54) is 0 Å². The summed E-state index contributed by atoms with van der Waals surface area (Å²) in [6, 6.07) is 0. The summed E-state index contributed by atoms with van der Waals surface area (Å²) in [4.78, 5) is 0. The Labute approximate surface area is 99.2 Å². The molecule has 0 atom stereocenters. The van der Waals surface area contributed by atoms with Crippen molar-refractivity contribution in [2.24, 2.45) is 5.92 Å². The Hall–Kier alpha value is -0.160. The van der Waals surface area contributed by atoms with E-state index in [-0.39, 0.29) is 19.7 Å². The molecule has 16 heavy (non-hydrogen) atoms. The Bertz CT molecular complexity index is 121. The van der Waals surface area contributed by atoms with E-state index in [2.05, 4.69) is 13.8 Å². The molecule has 0 aromatic carbocycles. The minimum absolute atomic E-state index is 0.194. The average molecular weight is 234 g/mol. The summed E-state index contributed by atoms with van der Waals surface area (Å²) in [5.74, 6) is 0.692. The SMILES string of the molecule is CC(C)CCOCCOCOCOC(C)C. The van der Waals surface area contributed by atoms with Crippen molar-refractivity contribution in [3.8, 4) is 0 Å². The molecule has 0 spiro atoms. The molecular weight excluding hydrogens is 208 g/mol. The van der Waals surface area contributed by atoms with Crippen molar-refractivity contribution in [1.82, 2.24) is 0 Å². The first-order valence-corrected chi connectivity index (χ1v) is 5.97. The first-order valence-electron chi connectivity index (χ1n) is 5.97. The van der Waals surface area contributed by atoms with Crippen LogP contribution < -0.4 is 0 Å². The number of ether oxygens (including phenoxy) is 4. The zero-order chi connectivity index (χ0) is 12.2. The number of rotatable bonds is 11. The Kier molecular flexibility index (Phi) is 11.2. The Morgan fingerprint density at radius 2 is 1.44 bits per heavy atom. The van der Waals surface area contributed by atoms with Gasteiger partial charge in [-0.3, -0.25) is 0 Å². The highest BCUT2D eigenvalue weighted by molar-refractivity contribution is 4.42. The maximum atomic E-state index is 5.38. The molecule has 98 valence electrons. The Morgan fingerprint density at radius 1 is 0.750 bits per heavy atom. The van der Waals surface area contributed by atoms with Gasteiger partial charge in [-0.05, 0) is 26.2 Å². The van der Waals surface area contributed by atoms with Gasteiger partial charge in [-0.2, -0.15) is 0 Å². The van der Waals surface area contributed by atoms with Gasteiger partial charge in [0.05, 0.1) is 19.3 Å². The standard InChI is InChI=1S/C12H26O4/c1-11(2)5-6-13-7-8-14-9-15-10-16-12(3)4/h11-12H,5-10H2,1-4H3. The van der Waals surface area contributed by atoms with E-state index in [0.29, 0.717) is 19.1 Å². The highest BCUT2D eigenvalue weighted by Crippen LogP contribution is 1.98. The van der Waals surface area contributed by atoms with Crippen LogP contribution in [-0.4, -0.2) is 39.5 Å². The monoisotopic (exact) mass is 234 g/mol. The van der Waals surface area contributed by atoms with Crippen LogP contribution in [0.4, 0.5) is 0 Å². The summed E-state index contributed by atoms with van der Waals surface area (Å²) in [6.45, 7) is 10.8. The third-order valence-corrected chi connectivity index (χ3v) is 1.86. The third kappa shape index (κ3) is 13.8. The van der Waals surface area contributed by atoms with Crippen molar-refractivity contribution in [1.29, 1.82) is 0 Å². The average Bonchev–Trinajstić information content (AvgIpc) is 2.20. The molecule has 0 saturated heterocycles. The van der Waals surface area contributed by atoms with Gasteiger partial charge in [0, 0.05) is 6.61 Å². The Balaban J connectivity index is 2.93. The summed E-state index contributed by atoms with van der Waals surface area (Å²) < 4.78 is 20.8. The first-order chi connectivity index (χ1) is 7.63. The normalized spacial score (nSPS) is 11.6. The van der Waals surface area contributed by atoms with Crippen LogP contribution in [0.3, 0.4) is 0 Å². The molecule has 0 bridgehead atoms. The van der Waals surface area contributed by atoms with Crippen molar-refractivity contribution in [2.75, 3.05) is 33.4 Å². The molecule has 0 aromatic rings. The van der Waals surface area contributed by atoms with Crippen molar-refractivity contribution >= 4 is 0 Å². The molecule has 0 aromatic heterocycles. The molecule has 0 aliphatic heterocycles. The van der Waals surface area contributed by atoms with E-state index in [1.807, 2.05) is 13.8 Å². The van der Waals surface area contributed by atoms with Crippen molar-refractivity contribution < 1.29 is 18.9 Å². The lowest BCUT2D eigenvalue weighted by Crippen LogP contribution is -2.12. The zero-order valence-corrected chi connectivity index (χ0v) is 11.0. The molecule has 0 radical (unpaired) electrons. The predicted molar refractivity (Wildman–Crippen MR) is 63.3 cm³/mol. The largest absolute Gasteiger partial charge is 0.379 e. The summed E-state index contributed by atoms with van der Waals surface area (Å²) in [5, 5.41) is 0. The number of hydrogen-bond acceptors (Lipinski definition) is 4. The minimum Gasteiger partial charge on any atom is -0.379 e. The van der Waals surface area contributed by atoms with Crippen LogP contribution in [0.2, 0.25) is 0 Å². The molecule has 0 fully saturated rings. The molecule has 0 aliphatic carbocycles. The van der Waals surface area contributed by atoms with E-state index < -0.39 is 0 Å². The van der Waals surface area contributed by atoms with Crippen LogP contribution in [0, 0.1) is 5.92 Å². The second-order valence-corrected chi connectivity index (χ2v) is 4.36. The lowest BCUT2D eigenvalue weighted by Gasteiger charge is -2.09. The van der Waals surface area contributed by atoms with Crippen molar-refractivity contribution in [3.05, 3.63) is 0 Å². The van der Waals surface area contributed by atoms with E-state index in [1.54, 1.807) is 0 Å². The van der Waals surface area contributed by atoms with E-state index >= 15 is 0 Å². The highest BCUT2D eigenvalue weighted by Gasteiger charge is 1.95. The molecule has 0 aliphatic rings.